The molecule has 0 aliphatic rings. The van der Waals surface area contributed by atoms with Crippen molar-refractivity contribution in [2.75, 3.05) is 20.7 Å². The lowest BCUT2D eigenvalue weighted by Crippen LogP contribution is -2.29. The predicted octanol–water partition coefficient (Wildman–Crippen LogP) is 1.88. The van der Waals surface area contributed by atoms with Crippen LogP contribution in [0.1, 0.15) is 16.8 Å². The summed E-state index contributed by atoms with van der Waals surface area (Å²) in [6, 6.07) is 4.11. The van der Waals surface area contributed by atoms with Crippen LogP contribution in [-0.2, 0) is 9.53 Å². The Kier molecular flexibility index (Phi) is 5.45. The maximum Gasteiger partial charge on any atom is 0.307 e. The highest BCUT2D eigenvalue weighted by Gasteiger charge is 2.25. The van der Waals surface area contributed by atoms with E-state index in [0.717, 1.165) is 0 Å². The number of hydrogen-bond acceptors (Lipinski definition) is 5. The molecule has 0 heterocycles. The number of halogens is 1. The van der Waals surface area contributed by atoms with Gasteiger partial charge in [0.05, 0.1) is 18.5 Å². The zero-order valence-electron chi connectivity index (χ0n) is 11.0. The Hall–Kier alpha value is -2.15. The first kappa shape index (κ1) is 15.9. The van der Waals surface area contributed by atoms with Crippen LogP contribution in [0.25, 0.3) is 0 Å². The number of nitrogens with zero attached hydrogens (tertiary/aromatic N) is 2. The minimum atomic E-state index is -0.705. The second-order valence-corrected chi connectivity index (χ2v) is 4.35. The van der Waals surface area contributed by atoms with Gasteiger partial charge in [0.1, 0.15) is 10.6 Å². The lowest BCUT2D eigenvalue weighted by Gasteiger charge is -2.16. The Bertz CT molecular complexity index is 547. The molecule has 0 saturated carbocycles. The van der Waals surface area contributed by atoms with Gasteiger partial charge in [-0.15, -0.1) is 0 Å². The van der Waals surface area contributed by atoms with Gasteiger partial charge in [-0.1, -0.05) is 17.7 Å². The van der Waals surface area contributed by atoms with E-state index in [-0.39, 0.29) is 23.6 Å². The second-order valence-electron chi connectivity index (χ2n) is 3.95. The molecule has 0 aliphatic carbocycles. The van der Waals surface area contributed by atoms with Gasteiger partial charge in [-0.3, -0.25) is 19.7 Å². The molecule has 0 radical (unpaired) electrons. The molecule has 108 valence electrons. The van der Waals surface area contributed by atoms with E-state index in [1.165, 1.54) is 37.3 Å². The second kappa shape index (κ2) is 6.85. The van der Waals surface area contributed by atoms with Gasteiger partial charge in [-0.2, -0.15) is 0 Å². The highest BCUT2D eigenvalue weighted by Crippen LogP contribution is 2.28. The Morgan fingerprint density at radius 3 is 2.65 bits per heavy atom. The summed E-state index contributed by atoms with van der Waals surface area (Å²) in [4.78, 5) is 34.6. The summed E-state index contributed by atoms with van der Waals surface area (Å²) >= 11 is 5.74. The quantitative estimate of drug-likeness (QED) is 0.470. The minimum absolute atomic E-state index is 0.00705. The number of ether oxygens (including phenoxy) is 1. The molecule has 0 spiro atoms. The number of amides is 1. The highest BCUT2D eigenvalue weighted by molar-refractivity contribution is 6.33. The van der Waals surface area contributed by atoms with Crippen molar-refractivity contribution in [3.8, 4) is 0 Å². The first-order chi connectivity index (χ1) is 9.38. The van der Waals surface area contributed by atoms with Crippen molar-refractivity contribution in [1.29, 1.82) is 0 Å². The number of methoxy groups -OCH3 is 1. The Balaban J connectivity index is 2.95. The third kappa shape index (κ3) is 3.67. The zero-order valence-corrected chi connectivity index (χ0v) is 11.7. The van der Waals surface area contributed by atoms with E-state index in [2.05, 4.69) is 4.74 Å². The lowest BCUT2D eigenvalue weighted by atomic mass is 10.1. The number of carbonyl (C=O) groups is 2. The van der Waals surface area contributed by atoms with E-state index < -0.39 is 22.5 Å². The summed E-state index contributed by atoms with van der Waals surface area (Å²) in [6.45, 7) is 0.0924. The molecule has 1 aromatic rings. The average Bonchev–Trinajstić information content (AvgIpc) is 2.42. The lowest BCUT2D eigenvalue weighted by molar-refractivity contribution is -0.385. The maximum absolute atomic E-state index is 12.1. The maximum atomic E-state index is 12.1. The molecule has 0 aromatic heterocycles. The van der Waals surface area contributed by atoms with Crippen molar-refractivity contribution in [3.63, 3.8) is 0 Å². The van der Waals surface area contributed by atoms with Gasteiger partial charge in [-0.25, -0.2) is 0 Å². The Morgan fingerprint density at radius 2 is 2.10 bits per heavy atom. The van der Waals surface area contributed by atoms with Crippen molar-refractivity contribution in [3.05, 3.63) is 38.9 Å². The van der Waals surface area contributed by atoms with Crippen molar-refractivity contribution in [1.82, 2.24) is 4.90 Å². The number of nitro benzene ring substituents is 1. The summed E-state index contributed by atoms with van der Waals surface area (Å²) in [5.41, 5.74) is -0.557. The molecule has 0 bridgehead atoms. The van der Waals surface area contributed by atoms with Crippen LogP contribution in [0, 0.1) is 10.1 Å². The van der Waals surface area contributed by atoms with E-state index >= 15 is 0 Å². The van der Waals surface area contributed by atoms with Crippen LogP contribution in [0.3, 0.4) is 0 Å². The van der Waals surface area contributed by atoms with Crippen molar-refractivity contribution in [2.24, 2.45) is 0 Å². The van der Waals surface area contributed by atoms with Crippen LogP contribution in [0.4, 0.5) is 5.69 Å². The number of carbonyl (C=O) groups excluding carboxylic acids is 2. The van der Waals surface area contributed by atoms with Crippen LogP contribution in [-0.4, -0.2) is 42.4 Å². The van der Waals surface area contributed by atoms with E-state index in [0.29, 0.717) is 0 Å². The van der Waals surface area contributed by atoms with Crippen LogP contribution in [0.15, 0.2) is 18.2 Å². The summed E-state index contributed by atoms with van der Waals surface area (Å²) in [6.07, 6.45) is 0.00705. The number of rotatable bonds is 5. The van der Waals surface area contributed by atoms with Gasteiger partial charge in [0, 0.05) is 13.6 Å². The van der Waals surface area contributed by atoms with Gasteiger partial charge in [-0.05, 0) is 12.1 Å². The smallest absolute Gasteiger partial charge is 0.307 e. The standard InChI is InChI=1S/C12H13ClN2O5/c1-14(7-6-10(16)20-2)12(17)8-4-3-5-9(13)11(8)15(18)19/h3-5H,6-7H2,1-2H3. The molecule has 1 amide bonds. The van der Waals surface area contributed by atoms with Gasteiger partial charge in [0.15, 0.2) is 0 Å². The van der Waals surface area contributed by atoms with Crippen LogP contribution in [0.5, 0.6) is 0 Å². The molecule has 0 saturated heterocycles. The largest absolute Gasteiger partial charge is 0.469 e. The van der Waals surface area contributed by atoms with Gasteiger partial charge in [0.25, 0.3) is 5.91 Å². The molecular formula is C12H13ClN2O5. The number of hydrogen-bond donors (Lipinski definition) is 0. The molecule has 1 aromatic carbocycles. The number of para-hydroxylation sites is 1. The summed E-state index contributed by atoms with van der Waals surface area (Å²) in [5.74, 6) is -1.05. The highest BCUT2D eigenvalue weighted by atomic mass is 35.5. The molecule has 0 unspecified atom stereocenters. The third-order valence-electron chi connectivity index (χ3n) is 2.63. The van der Waals surface area contributed by atoms with Crippen LogP contribution in [0.2, 0.25) is 5.02 Å². The van der Waals surface area contributed by atoms with Gasteiger partial charge in [0.2, 0.25) is 0 Å². The topological polar surface area (TPSA) is 89.8 Å². The van der Waals surface area contributed by atoms with Crippen LogP contribution >= 0.6 is 11.6 Å². The Morgan fingerprint density at radius 1 is 1.45 bits per heavy atom. The minimum Gasteiger partial charge on any atom is -0.469 e. The van der Waals surface area contributed by atoms with E-state index in [1.807, 2.05) is 0 Å². The number of nitro groups is 1. The van der Waals surface area contributed by atoms with Gasteiger partial charge < -0.3 is 9.64 Å². The number of benzene rings is 1. The summed E-state index contributed by atoms with van der Waals surface area (Å²) < 4.78 is 4.46. The van der Waals surface area contributed by atoms with E-state index in [4.69, 9.17) is 11.6 Å². The fourth-order valence-corrected chi connectivity index (χ4v) is 1.79. The van der Waals surface area contributed by atoms with E-state index in [9.17, 15) is 19.7 Å². The normalized spacial score (nSPS) is 9.95. The van der Waals surface area contributed by atoms with E-state index in [1.54, 1.807) is 0 Å². The molecule has 20 heavy (non-hydrogen) atoms. The molecule has 8 heteroatoms. The Labute approximate surface area is 120 Å². The molecule has 1 rings (SSSR count). The third-order valence-corrected chi connectivity index (χ3v) is 2.93. The average molecular weight is 301 g/mol. The molecule has 0 aliphatic heterocycles. The monoisotopic (exact) mass is 300 g/mol. The fourth-order valence-electron chi connectivity index (χ4n) is 1.54. The van der Waals surface area contributed by atoms with Crippen molar-refractivity contribution in [2.45, 2.75) is 6.42 Å². The van der Waals surface area contributed by atoms with Crippen molar-refractivity contribution >= 4 is 29.2 Å². The first-order valence-electron chi connectivity index (χ1n) is 5.63. The molecular weight excluding hydrogens is 288 g/mol. The fraction of sp³-hybridized carbons (Fsp3) is 0.333. The molecule has 0 atom stereocenters. The SMILES string of the molecule is COC(=O)CCN(C)C(=O)c1cccc(Cl)c1[N+](=O)[O-]. The predicted molar refractivity (Wildman–Crippen MR) is 71.7 cm³/mol. The van der Waals surface area contributed by atoms with Gasteiger partial charge >= 0.3 is 11.7 Å². The van der Waals surface area contributed by atoms with Crippen molar-refractivity contribution < 1.29 is 19.2 Å². The zero-order chi connectivity index (χ0) is 15.3. The molecule has 0 N–H and O–H groups in total. The summed E-state index contributed by atoms with van der Waals surface area (Å²) in [5, 5.41) is 10.8. The van der Waals surface area contributed by atoms with Crippen LogP contribution < -0.4 is 0 Å². The first-order valence-corrected chi connectivity index (χ1v) is 6.01. The summed E-state index contributed by atoms with van der Waals surface area (Å²) in [7, 11) is 2.68. The molecule has 7 nitrogen and oxygen atoms in total. The molecule has 0 fully saturated rings. The number of esters is 1.